The standard InChI is InChI=1S/C17H18N2O3/c1-11-5-4-6-16(18-11)19-17(21)10-14-9-13(12(2)20)7-8-15(14)22-3/h4-9H,10H2,1-3H3,(H,18,19,21). The van der Waals surface area contributed by atoms with Gasteiger partial charge in [0.25, 0.3) is 0 Å². The molecule has 0 aliphatic heterocycles. The Labute approximate surface area is 129 Å². The van der Waals surface area contributed by atoms with Crippen molar-refractivity contribution in [2.45, 2.75) is 20.3 Å². The molecule has 0 radical (unpaired) electrons. The van der Waals surface area contributed by atoms with E-state index in [0.717, 1.165) is 5.69 Å². The lowest BCUT2D eigenvalue weighted by Gasteiger charge is -2.10. The van der Waals surface area contributed by atoms with Crippen LogP contribution in [0.5, 0.6) is 5.75 Å². The summed E-state index contributed by atoms with van der Waals surface area (Å²) < 4.78 is 5.24. The van der Waals surface area contributed by atoms with Crippen molar-refractivity contribution in [2.24, 2.45) is 0 Å². The number of ketones is 1. The van der Waals surface area contributed by atoms with Gasteiger partial charge >= 0.3 is 0 Å². The second kappa shape index (κ2) is 6.85. The number of anilines is 1. The molecule has 0 saturated heterocycles. The van der Waals surface area contributed by atoms with Gasteiger partial charge in [0.2, 0.25) is 5.91 Å². The van der Waals surface area contributed by atoms with Gasteiger partial charge < -0.3 is 10.1 Å². The highest BCUT2D eigenvalue weighted by atomic mass is 16.5. The summed E-state index contributed by atoms with van der Waals surface area (Å²) in [6, 6.07) is 10.5. The quantitative estimate of drug-likeness (QED) is 0.862. The van der Waals surface area contributed by atoms with Gasteiger partial charge in [-0.25, -0.2) is 4.98 Å². The van der Waals surface area contributed by atoms with Crippen LogP contribution in [0, 0.1) is 6.92 Å². The lowest BCUT2D eigenvalue weighted by Crippen LogP contribution is -2.16. The summed E-state index contributed by atoms with van der Waals surface area (Å²) in [5.41, 5.74) is 2.05. The largest absolute Gasteiger partial charge is 0.496 e. The third-order valence-corrected chi connectivity index (χ3v) is 3.19. The van der Waals surface area contributed by atoms with Crippen LogP contribution in [-0.2, 0) is 11.2 Å². The van der Waals surface area contributed by atoms with E-state index in [9.17, 15) is 9.59 Å². The van der Waals surface area contributed by atoms with Crippen molar-refractivity contribution < 1.29 is 14.3 Å². The summed E-state index contributed by atoms with van der Waals surface area (Å²) in [7, 11) is 1.53. The summed E-state index contributed by atoms with van der Waals surface area (Å²) in [6.07, 6.45) is 0.111. The fourth-order valence-corrected chi connectivity index (χ4v) is 2.11. The van der Waals surface area contributed by atoms with Gasteiger partial charge in [-0.2, -0.15) is 0 Å². The Balaban J connectivity index is 2.16. The van der Waals surface area contributed by atoms with E-state index in [0.29, 0.717) is 22.7 Å². The maximum atomic E-state index is 12.2. The van der Waals surface area contributed by atoms with Crippen molar-refractivity contribution in [3.8, 4) is 5.75 Å². The molecule has 0 bridgehead atoms. The zero-order valence-electron chi connectivity index (χ0n) is 12.8. The van der Waals surface area contributed by atoms with Crippen LogP contribution in [0.1, 0.15) is 28.5 Å². The Morgan fingerprint density at radius 1 is 1.23 bits per heavy atom. The highest BCUT2D eigenvalue weighted by Gasteiger charge is 2.12. The number of aryl methyl sites for hydroxylation is 1. The number of benzene rings is 1. The van der Waals surface area contributed by atoms with Gasteiger partial charge in [-0.15, -0.1) is 0 Å². The number of pyridine rings is 1. The molecular weight excluding hydrogens is 280 g/mol. The summed E-state index contributed by atoms with van der Waals surface area (Å²) in [5.74, 6) is 0.825. The highest BCUT2D eigenvalue weighted by Crippen LogP contribution is 2.21. The minimum atomic E-state index is -0.211. The summed E-state index contributed by atoms with van der Waals surface area (Å²) in [6.45, 7) is 3.34. The average Bonchev–Trinajstić information content (AvgIpc) is 2.47. The lowest BCUT2D eigenvalue weighted by atomic mass is 10.0. The molecule has 0 saturated carbocycles. The van der Waals surface area contributed by atoms with Crippen molar-refractivity contribution in [1.82, 2.24) is 4.98 Å². The number of methoxy groups -OCH3 is 1. The molecule has 1 N–H and O–H groups in total. The van der Waals surface area contributed by atoms with E-state index in [2.05, 4.69) is 10.3 Å². The van der Waals surface area contributed by atoms with E-state index in [-0.39, 0.29) is 18.1 Å². The molecule has 1 aromatic carbocycles. The van der Waals surface area contributed by atoms with Gasteiger partial charge in [0, 0.05) is 16.8 Å². The molecule has 0 atom stereocenters. The minimum Gasteiger partial charge on any atom is -0.496 e. The highest BCUT2D eigenvalue weighted by molar-refractivity contribution is 5.96. The van der Waals surface area contributed by atoms with Crippen molar-refractivity contribution >= 4 is 17.5 Å². The normalized spacial score (nSPS) is 10.1. The van der Waals surface area contributed by atoms with Crippen LogP contribution in [0.2, 0.25) is 0 Å². The molecule has 0 spiro atoms. The summed E-state index contributed by atoms with van der Waals surface area (Å²) >= 11 is 0. The molecule has 1 aromatic heterocycles. The number of nitrogens with zero attached hydrogens (tertiary/aromatic N) is 1. The third-order valence-electron chi connectivity index (χ3n) is 3.19. The van der Waals surface area contributed by atoms with Gasteiger partial charge in [-0.1, -0.05) is 6.07 Å². The SMILES string of the molecule is COc1ccc(C(C)=O)cc1CC(=O)Nc1cccc(C)n1. The Bertz CT molecular complexity index is 711. The predicted molar refractivity (Wildman–Crippen MR) is 84.3 cm³/mol. The molecule has 1 heterocycles. The number of carbonyl (C=O) groups excluding carboxylic acids is 2. The number of hydrogen-bond donors (Lipinski definition) is 1. The van der Waals surface area contributed by atoms with E-state index in [1.807, 2.05) is 19.1 Å². The Kier molecular flexibility index (Phi) is 4.88. The zero-order chi connectivity index (χ0) is 16.1. The van der Waals surface area contributed by atoms with E-state index >= 15 is 0 Å². The molecule has 5 heteroatoms. The summed E-state index contributed by atoms with van der Waals surface area (Å²) in [5, 5.41) is 2.74. The van der Waals surface area contributed by atoms with Gasteiger partial charge in [0.1, 0.15) is 11.6 Å². The second-order valence-corrected chi connectivity index (χ2v) is 4.97. The fourth-order valence-electron chi connectivity index (χ4n) is 2.11. The van der Waals surface area contributed by atoms with Crippen LogP contribution in [-0.4, -0.2) is 23.8 Å². The third kappa shape index (κ3) is 3.91. The van der Waals surface area contributed by atoms with E-state index < -0.39 is 0 Å². The average molecular weight is 298 g/mol. The van der Waals surface area contributed by atoms with Crippen molar-refractivity contribution in [3.05, 3.63) is 53.2 Å². The van der Waals surface area contributed by atoms with Gasteiger partial charge in [0.15, 0.2) is 5.78 Å². The van der Waals surface area contributed by atoms with Crippen LogP contribution < -0.4 is 10.1 Å². The maximum absolute atomic E-state index is 12.2. The number of ether oxygens (including phenoxy) is 1. The van der Waals surface area contributed by atoms with E-state index in [1.165, 1.54) is 14.0 Å². The van der Waals surface area contributed by atoms with Crippen LogP contribution in [0.25, 0.3) is 0 Å². The first-order valence-corrected chi connectivity index (χ1v) is 6.91. The molecule has 1 amide bonds. The minimum absolute atomic E-state index is 0.0512. The van der Waals surface area contributed by atoms with Gasteiger partial charge in [-0.05, 0) is 44.2 Å². The molecule has 0 unspecified atom stereocenters. The molecule has 2 aromatic rings. The first kappa shape index (κ1) is 15.7. The number of carbonyl (C=O) groups is 2. The predicted octanol–water partition coefficient (Wildman–Crippen LogP) is 2.78. The maximum Gasteiger partial charge on any atom is 0.230 e. The topological polar surface area (TPSA) is 68.3 Å². The molecule has 0 aliphatic rings. The smallest absolute Gasteiger partial charge is 0.230 e. The first-order valence-electron chi connectivity index (χ1n) is 6.91. The Morgan fingerprint density at radius 3 is 2.64 bits per heavy atom. The van der Waals surface area contributed by atoms with Gasteiger partial charge in [0.05, 0.1) is 13.5 Å². The summed E-state index contributed by atoms with van der Waals surface area (Å²) in [4.78, 5) is 27.8. The molecular formula is C17H18N2O3. The van der Waals surface area contributed by atoms with Gasteiger partial charge in [-0.3, -0.25) is 9.59 Å². The number of amides is 1. The zero-order valence-corrected chi connectivity index (χ0v) is 12.8. The Morgan fingerprint density at radius 2 is 2.00 bits per heavy atom. The molecule has 5 nitrogen and oxygen atoms in total. The van der Waals surface area contributed by atoms with Crippen molar-refractivity contribution in [3.63, 3.8) is 0 Å². The second-order valence-electron chi connectivity index (χ2n) is 4.97. The van der Waals surface area contributed by atoms with Crippen LogP contribution >= 0.6 is 0 Å². The number of hydrogen-bond acceptors (Lipinski definition) is 4. The molecule has 0 fully saturated rings. The molecule has 0 aliphatic carbocycles. The monoisotopic (exact) mass is 298 g/mol. The van der Waals surface area contributed by atoms with Crippen LogP contribution in [0.4, 0.5) is 5.82 Å². The Hall–Kier alpha value is -2.69. The van der Waals surface area contributed by atoms with Crippen LogP contribution in [0.15, 0.2) is 36.4 Å². The molecule has 2 rings (SSSR count). The van der Waals surface area contributed by atoms with Crippen molar-refractivity contribution in [1.29, 1.82) is 0 Å². The number of Topliss-reactive ketones (excluding diaryl/α,β-unsaturated/α-hetero) is 1. The fraction of sp³-hybridized carbons (Fsp3) is 0.235. The first-order chi connectivity index (χ1) is 10.5. The lowest BCUT2D eigenvalue weighted by molar-refractivity contribution is -0.115. The molecule has 22 heavy (non-hydrogen) atoms. The van der Waals surface area contributed by atoms with Crippen LogP contribution in [0.3, 0.4) is 0 Å². The van der Waals surface area contributed by atoms with E-state index in [4.69, 9.17) is 4.74 Å². The molecule has 114 valence electrons. The number of rotatable bonds is 5. The van der Waals surface area contributed by atoms with Crippen molar-refractivity contribution in [2.75, 3.05) is 12.4 Å². The van der Waals surface area contributed by atoms with E-state index in [1.54, 1.807) is 24.3 Å². The number of nitrogens with one attached hydrogen (secondary N) is 1. The number of aromatic nitrogens is 1.